The molecule has 14 heteroatoms. The summed E-state index contributed by atoms with van der Waals surface area (Å²) < 4.78 is 53.2. The lowest BCUT2D eigenvalue weighted by Crippen LogP contribution is -2.36. The molecule has 1 unspecified atom stereocenters. The van der Waals surface area contributed by atoms with Crippen molar-refractivity contribution in [2.45, 2.75) is 0 Å². The van der Waals surface area contributed by atoms with Gasteiger partial charge < -0.3 is 10.3 Å². The fraction of sp³-hybridized carbons (Fsp3) is 0.0500. The zero-order valence-electron chi connectivity index (χ0n) is 17.4. The first-order valence-corrected chi connectivity index (χ1v) is 11.2. The van der Waals surface area contributed by atoms with Crippen LogP contribution in [-0.4, -0.2) is 46.7 Å². The first-order chi connectivity index (χ1) is 16.2. The number of nitrogens with zero attached hydrogens (tertiary/aromatic N) is 6. The number of rotatable bonds is 5. The monoisotopic (exact) mass is 484 g/mol. The Morgan fingerprint density at radius 3 is 2.71 bits per heavy atom. The first kappa shape index (κ1) is 21.7. The van der Waals surface area contributed by atoms with E-state index in [2.05, 4.69) is 35.2 Å². The maximum absolute atomic E-state index is 15.6. The van der Waals surface area contributed by atoms with E-state index in [1.54, 1.807) is 12.1 Å². The third-order valence-corrected chi connectivity index (χ3v) is 6.00. The van der Waals surface area contributed by atoms with Crippen LogP contribution in [-0.2, 0) is 10.0 Å². The minimum absolute atomic E-state index is 0.0690. The second-order valence-electron chi connectivity index (χ2n) is 7.51. The number of aromatic amines is 1. The van der Waals surface area contributed by atoms with Crippen LogP contribution in [0.25, 0.3) is 22.4 Å². The number of aliphatic imine (C=N–C) groups is 1. The summed E-state index contributed by atoms with van der Waals surface area (Å²) in [5.74, 6) is -1.73. The molecule has 0 saturated carbocycles. The van der Waals surface area contributed by atoms with Crippen molar-refractivity contribution >= 4 is 44.7 Å². The van der Waals surface area contributed by atoms with Crippen molar-refractivity contribution in [1.29, 1.82) is 0 Å². The van der Waals surface area contributed by atoms with Gasteiger partial charge in [-0.25, -0.2) is 42.4 Å². The quantitative estimate of drug-likeness (QED) is 0.368. The van der Waals surface area contributed by atoms with Crippen molar-refractivity contribution in [2.24, 2.45) is 10.1 Å². The molecule has 4 heterocycles. The highest BCUT2D eigenvalue weighted by Crippen LogP contribution is 2.37. The Morgan fingerprint density at radius 1 is 1.12 bits per heavy atom. The van der Waals surface area contributed by atoms with Crippen LogP contribution in [0.4, 0.5) is 26.0 Å². The first-order valence-electron chi connectivity index (χ1n) is 9.69. The summed E-state index contributed by atoms with van der Waals surface area (Å²) in [7, 11) is -2.63. The van der Waals surface area contributed by atoms with Gasteiger partial charge in [-0.15, -0.1) is 0 Å². The highest BCUT2D eigenvalue weighted by molar-refractivity contribution is 7.93. The maximum atomic E-state index is 15.6. The normalized spacial score (nSPS) is 17.8. The Labute approximate surface area is 191 Å². The molecule has 34 heavy (non-hydrogen) atoms. The van der Waals surface area contributed by atoms with E-state index >= 15 is 4.39 Å². The summed E-state index contributed by atoms with van der Waals surface area (Å²) in [5, 5.41) is 7.41. The Kier molecular flexibility index (Phi) is 4.93. The third kappa shape index (κ3) is 3.59. The van der Waals surface area contributed by atoms with Gasteiger partial charge >= 0.3 is 0 Å². The number of H-pyrrole nitrogens is 1. The van der Waals surface area contributed by atoms with E-state index in [1.807, 2.05) is 0 Å². The number of sulfonamides is 1. The molecule has 1 atom stereocenters. The van der Waals surface area contributed by atoms with Gasteiger partial charge in [-0.3, -0.25) is 0 Å². The van der Waals surface area contributed by atoms with Gasteiger partial charge in [0.2, 0.25) is 17.2 Å². The molecule has 0 aliphatic carbocycles. The third-order valence-electron chi connectivity index (χ3n) is 5.21. The number of nitrogens with one attached hydrogen (secondary N) is 2. The number of primary sulfonamides is 1. The number of quaternary nitrogens is 1. The smallest absolute Gasteiger partial charge is 0.261 e. The number of aromatic nitrogens is 5. The lowest BCUT2D eigenvalue weighted by Gasteiger charge is -2.23. The van der Waals surface area contributed by atoms with Gasteiger partial charge in [0.15, 0.2) is 11.3 Å². The van der Waals surface area contributed by atoms with Crippen molar-refractivity contribution in [2.75, 3.05) is 12.4 Å². The molecule has 11 nitrogen and oxygen atoms in total. The van der Waals surface area contributed by atoms with E-state index in [4.69, 9.17) is 5.14 Å². The van der Waals surface area contributed by atoms with Gasteiger partial charge in [0.05, 0.1) is 13.4 Å². The second-order valence-corrected chi connectivity index (χ2v) is 9.01. The standard InChI is InChI=1S/C20H16F2N9O2S/c1-31(7-14(29-10-31)34(23,32)33)13-5-4-12(21)17(15(13)22)30-19-11(3-2-6-24-19)16-18-20(27-8-25-16)28-9-26-18/h2-10H,1H3,(H,24,30)(H2,23,32,33)(H,25,26,27,28)/q+1. The van der Waals surface area contributed by atoms with E-state index in [9.17, 15) is 12.8 Å². The fourth-order valence-corrected chi connectivity index (χ4v) is 4.12. The largest absolute Gasteiger partial charge is 0.335 e. The van der Waals surface area contributed by atoms with E-state index < -0.39 is 36.9 Å². The van der Waals surface area contributed by atoms with Crippen LogP contribution in [0.2, 0.25) is 0 Å². The van der Waals surface area contributed by atoms with Crippen LogP contribution >= 0.6 is 0 Å². The van der Waals surface area contributed by atoms with Gasteiger partial charge in [0.25, 0.3) is 10.0 Å². The van der Waals surface area contributed by atoms with Crippen molar-refractivity contribution < 1.29 is 17.2 Å². The minimum Gasteiger partial charge on any atom is -0.335 e. The van der Waals surface area contributed by atoms with Gasteiger partial charge in [-0.05, 0) is 18.2 Å². The molecular weight excluding hydrogens is 468 g/mol. The molecule has 0 spiro atoms. The van der Waals surface area contributed by atoms with Crippen molar-refractivity contribution in [3.05, 3.63) is 66.0 Å². The summed E-state index contributed by atoms with van der Waals surface area (Å²) in [6.07, 6.45) is 6.58. The number of halogens is 2. The average molecular weight is 484 g/mol. The van der Waals surface area contributed by atoms with Crippen LogP contribution in [0, 0.1) is 11.6 Å². The summed E-state index contributed by atoms with van der Waals surface area (Å²) in [4.78, 5) is 23.4. The lowest BCUT2D eigenvalue weighted by atomic mass is 10.1. The molecular formula is C20H16F2N9O2S+. The molecule has 0 saturated heterocycles. The van der Waals surface area contributed by atoms with Gasteiger partial charge in [0.1, 0.15) is 41.1 Å². The fourth-order valence-electron chi connectivity index (χ4n) is 3.56. The van der Waals surface area contributed by atoms with Crippen LogP contribution in [0.5, 0.6) is 0 Å². The predicted molar refractivity (Wildman–Crippen MR) is 122 cm³/mol. The van der Waals surface area contributed by atoms with Crippen LogP contribution in [0.15, 0.2) is 59.3 Å². The predicted octanol–water partition coefficient (Wildman–Crippen LogP) is 2.50. The highest BCUT2D eigenvalue weighted by Gasteiger charge is 2.35. The zero-order chi connectivity index (χ0) is 24.1. The summed E-state index contributed by atoms with van der Waals surface area (Å²) in [6, 6.07) is 5.58. The van der Waals surface area contributed by atoms with Crippen LogP contribution in [0.3, 0.4) is 0 Å². The van der Waals surface area contributed by atoms with Crippen molar-refractivity contribution in [3.63, 3.8) is 0 Å². The molecule has 1 aromatic carbocycles. The molecule has 1 aliphatic heterocycles. The molecule has 0 radical (unpaired) electrons. The van der Waals surface area contributed by atoms with Crippen LogP contribution in [0.1, 0.15) is 0 Å². The minimum atomic E-state index is -4.11. The molecule has 5 rings (SSSR count). The summed E-state index contributed by atoms with van der Waals surface area (Å²) >= 11 is 0. The SMILES string of the molecule is C[N+]1(c2ccc(F)c(Nc3ncccc3-c3ncnc4[nH]cnc34)c2F)C=NC(S(N)(=O)=O)=C1. The zero-order valence-corrected chi connectivity index (χ0v) is 18.3. The van der Waals surface area contributed by atoms with Crippen LogP contribution < -0.4 is 14.9 Å². The topological polar surface area (TPSA) is 152 Å². The number of hydrogen-bond donors (Lipinski definition) is 3. The maximum Gasteiger partial charge on any atom is 0.261 e. The van der Waals surface area contributed by atoms with Gasteiger partial charge in [-0.1, -0.05) is 0 Å². The molecule has 4 N–H and O–H groups in total. The number of fused-ring (bicyclic) bond motifs is 1. The Balaban J connectivity index is 1.60. The van der Waals surface area contributed by atoms with Crippen molar-refractivity contribution in [1.82, 2.24) is 29.4 Å². The number of pyridine rings is 1. The number of anilines is 2. The molecule has 4 aromatic rings. The molecule has 3 aromatic heterocycles. The highest BCUT2D eigenvalue weighted by atomic mass is 32.2. The van der Waals surface area contributed by atoms with E-state index in [-0.39, 0.29) is 11.5 Å². The van der Waals surface area contributed by atoms with Gasteiger partial charge in [0, 0.05) is 17.8 Å². The number of imidazole rings is 1. The lowest BCUT2D eigenvalue weighted by molar-refractivity contribution is 0.558. The Hall–Kier alpha value is -4.14. The number of benzene rings is 1. The summed E-state index contributed by atoms with van der Waals surface area (Å²) in [6.45, 7) is 0. The molecule has 0 fully saturated rings. The van der Waals surface area contributed by atoms with Gasteiger partial charge in [-0.2, -0.15) is 9.38 Å². The van der Waals surface area contributed by atoms with Crippen molar-refractivity contribution in [3.8, 4) is 11.3 Å². The molecule has 172 valence electrons. The Bertz CT molecular complexity index is 1620. The van der Waals surface area contributed by atoms with E-state index in [0.29, 0.717) is 22.4 Å². The number of nitrogens with two attached hydrogens (primary N) is 1. The second kappa shape index (κ2) is 7.72. The van der Waals surface area contributed by atoms with E-state index in [0.717, 1.165) is 12.3 Å². The molecule has 1 aliphatic rings. The van der Waals surface area contributed by atoms with E-state index in [1.165, 1.54) is 38.3 Å². The Morgan fingerprint density at radius 2 is 1.94 bits per heavy atom. The summed E-state index contributed by atoms with van der Waals surface area (Å²) in [5.41, 5.74) is 1.23. The average Bonchev–Trinajstić information content (AvgIpc) is 3.44. The number of hydrogen-bond acceptors (Lipinski definition) is 8. The molecule has 0 amide bonds. The molecule has 0 bridgehead atoms.